The van der Waals surface area contributed by atoms with Crippen LogP contribution in [0.5, 0.6) is 5.75 Å². The molecule has 1 N–H and O–H groups in total. The minimum atomic E-state index is -4.22. The lowest BCUT2D eigenvalue weighted by molar-refractivity contribution is -0.139. The third-order valence-corrected chi connectivity index (χ3v) is 9.26. The quantitative estimate of drug-likeness (QED) is 0.275. The van der Waals surface area contributed by atoms with Gasteiger partial charge in [0.05, 0.1) is 27.7 Å². The van der Waals surface area contributed by atoms with Gasteiger partial charge in [-0.2, -0.15) is 0 Å². The van der Waals surface area contributed by atoms with Crippen LogP contribution >= 0.6 is 23.2 Å². The molecule has 0 saturated heterocycles. The number of hydrogen-bond donors (Lipinski definition) is 1. The first-order valence-electron chi connectivity index (χ1n) is 13.1. The molecule has 3 aromatic rings. The number of benzene rings is 3. The molecule has 0 fully saturated rings. The molecule has 3 aromatic carbocycles. The number of amides is 2. The standard InChI is InChI=1S/C30H35Cl2N3O5S/c1-6-21(3)33-30(37)22(4)34(18-23-8-7-9-25(16-23)40-5)29(36)19-35(24-12-15-27(31)28(32)17-24)41(38,39)26-13-10-20(2)11-14-26/h7-17,21-22H,6,18-19H2,1-5H3,(H,33,37)/t21-,22+/m0/s1. The third kappa shape index (κ3) is 8.15. The summed E-state index contributed by atoms with van der Waals surface area (Å²) in [7, 11) is -2.68. The Morgan fingerprint density at radius 3 is 2.27 bits per heavy atom. The third-order valence-electron chi connectivity index (χ3n) is 6.73. The average Bonchev–Trinajstić information content (AvgIpc) is 2.95. The average molecular weight is 621 g/mol. The fraction of sp³-hybridized carbons (Fsp3) is 0.333. The van der Waals surface area contributed by atoms with E-state index in [4.69, 9.17) is 27.9 Å². The molecular weight excluding hydrogens is 585 g/mol. The largest absolute Gasteiger partial charge is 0.497 e. The molecule has 0 aromatic heterocycles. The first-order chi connectivity index (χ1) is 19.4. The summed E-state index contributed by atoms with van der Waals surface area (Å²) in [5, 5.41) is 3.29. The van der Waals surface area contributed by atoms with Crippen LogP contribution in [0.4, 0.5) is 5.69 Å². The summed E-state index contributed by atoms with van der Waals surface area (Å²) in [6, 6.07) is 16.8. The number of ether oxygens (including phenoxy) is 1. The Hall–Kier alpha value is -3.27. The van der Waals surface area contributed by atoms with E-state index in [1.807, 2.05) is 26.8 Å². The van der Waals surface area contributed by atoms with Crippen molar-refractivity contribution in [2.75, 3.05) is 18.0 Å². The zero-order chi connectivity index (χ0) is 30.3. The highest BCUT2D eigenvalue weighted by Crippen LogP contribution is 2.31. The second-order valence-corrected chi connectivity index (χ2v) is 12.5. The molecule has 0 radical (unpaired) electrons. The smallest absolute Gasteiger partial charge is 0.264 e. The normalized spacial score (nSPS) is 12.8. The van der Waals surface area contributed by atoms with Gasteiger partial charge in [-0.05, 0) is 75.2 Å². The molecule has 0 aliphatic carbocycles. The maximum Gasteiger partial charge on any atom is 0.264 e. The molecule has 41 heavy (non-hydrogen) atoms. The van der Waals surface area contributed by atoms with Gasteiger partial charge >= 0.3 is 0 Å². The van der Waals surface area contributed by atoms with Crippen LogP contribution in [-0.4, -0.2) is 50.9 Å². The minimum absolute atomic E-state index is 0.00359. The molecule has 2 atom stereocenters. The summed E-state index contributed by atoms with van der Waals surface area (Å²) < 4.78 is 34.1. The van der Waals surface area contributed by atoms with E-state index in [0.717, 1.165) is 9.87 Å². The number of nitrogens with one attached hydrogen (secondary N) is 1. The van der Waals surface area contributed by atoms with Crippen molar-refractivity contribution in [2.45, 2.75) is 57.6 Å². The van der Waals surface area contributed by atoms with Crippen molar-refractivity contribution in [1.82, 2.24) is 10.2 Å². The van der Waals surface area contributed by atoms with E-state index >= 15 is 0 Å². The van der Waals surface area contributed by atoms with Crippen molar-refractivity contribution in [3.8, 4) is 5.75 Å². The highest BCUT2D eigenvalue weighted by molar-refractivity contribution is 7.92. The topological polar surface area (TPSA) is 96.0 Å². The number of halogens is 2. The van der Waals surface area contributed by atoms with Crippen molar-refractivity contribution >= 4 is 50.7 Å². The summed E-state index contributed by atoms with van der Waals surface area (Å²) in [6.07, 6.45) is 0.711. The van der Waals surface area contributed by atoms with Crippen LogP contribution in [0.25, 0.3) is 0 Å². The van der Waals surface area contributed by atoms with Crippen molar-refractivity contribution in [3.05, 3.63) is 87.9 Å². The van der Waals surface area contributed by atoms with Gasteiger partial charge in [0.2, 0.25) is 11.8 Å². The molecule has 2 amide bonds. The summed E-state index contributed by atoms with van der Waals surface area (Å²) in [5.41, 5.74) is 1.75. The molecule has 3 rings (SSSR count). The molecule has 0 aliphatic rings. The SMILES string of the molecule is CC[C@H](C)NC(=O)[C@@H](C)N(Cc1cccc(OC)c1)C(=O)CN(c1ccc(Cl)c(Cl)c1)S(=O)(=O)c1ccc(C)cc1. The maximum absolute atomic E-state index is 14.0. The Morgan fingerprint density at radius 1 is 0.976 bits per heavy atom. The van der Waals surface area contributed by atoms with Crippen molar-refractivity contribution in [1.29, 1.82) is 0 Å². The molecule has 0 aliphatic heterocycles. The van der Waals surface area contributed by atoms with E-state index in [-0.39, 0.29) is 39.1 Å². The number of aryl methyl sites for hydroxylation is 1. The van der Waals surface area contributed by atoms with Gasteiger partial charge < -0.3 is 15.0 Å². The summed E-state index contributed by atoms with van der Waals surface area (Å²) in [6.45, 7) is 6.75. The molecular formula is C30H35Cl2N3O5S. The van der Waals surface area contributed by atoms with E-state index < -0.39 is 28.5 Å². The predicted molar refractivity (Wildman–Crippen MR) is 163 cm³/mol. The summed E-state index contributed by atoms with van der Waals surface area (Å²) in [5.74, 6) is -0.342. The lowest BCUT2D eigenvalue weighted by Gasteiger charge is -2.32. The second kappa shape index (κ2) is 14.1. The number of rotatable bonds is 12. The van der Waals surface area contributed by atoms with E-state index in [2.05, 4.69) is 5.32 Å². The number of hydrogen-bond acceptors (Lipinski definition) is 5. The predicted octanol–water partition coefficient (Wildman–Crippen LogP) is 5.84. The van der Waals surface area contributed by atoms with E-state index in [0.29, 0.717) is 17.7 Å². The Balaban J connectivity index is 2.06. The van der Waals surface area contributed by atoms with Crippen LogP contribution < -0.4 is 14.4 Å². The number of methoxy groups -OCH3 is 1. The number of sulfonamides is 1. The van der Waals surface area contributed by atoms with E-state index in [1.165, 1.54) is 42.3 Å². The monoisotopic (exact) mass is 619 g/mol. The molecule has 0 spiro atoms. The molecule has 11 heteroatoms. The highest BCUT2D eigenvalue weighted by Gasteiger charge is 2.33. The zero-order valence-electron chi connectivity index (χ0n) is 23.7. The Bertz CT molecular complexity index is 1480. The van der Waals surface area contributed by atoms with E-state index in [1.54, 1.807) is 37.3 Å². The second-order valence-electron chi connectivity index (χ2n) is 9.79. The number of carbonyl (C=O) groups is 2. The first kappa shape index (κ1) is 32.2. The van der Waals surface area contributed by atoms with Crippen molar-refractivity contribution in [2.24, 2.45) is 0 Å². The van der Waals surface area contributed by atoms with Gasteiger partial charge in [-0.25, -0.2) is 8.42 Å². The zero-order valence-corrected chi connectivity index (χ0v) is 26.1. The summed E-state index contributed by atoms with van der Waals surface area (Å²) in [4.78, 5) is 28.6. The molecule has 220 valence electrons. The number of carbonyl (C=O) groups excluding carboxylic acids is 2. The Morgan fingerprint density at radius 2 is 1.66 bits per heavy atom. The van der Waals surface area contributed by atoms with Crippen LogP contribution in [0.15, 0.2) is 71.6 Å². The highest BCUT2D eigenvalue weighted by atomic mass is 35.5. The first-order valence-corrected chi connectivity index (χ1v) is 15.3. The van der Waals surface area contributed by atoms with Gasteiger partial charge in [0.15, 0.2) is 0 Å². The van der Waals surface area contributed by atoms with E-state index in [9.17, 15) is 18.0 Å². The Labute approximate surface area is 252 Å². The van der Waals surface area contributed by atoms with Gasteiger partial charge in [0.1, 0.15) is 18.3 Å². The number of nitrogens with zero attached hydrogens (tertiary/aromatic N) is 2. The van der Waals surface area contributed by atoms with Gasteiger partial charge in [-0.1, -0.05) is 60.0 Å². The molecule has 0 unspecified atom stereocenters. The van der Waals surface area contributed by atoms with Gasteiger partial charge in [-0.3, -0.25) is 13.9 Å². The van der Waals surface area contributed by atoms with Gasteiger partial charge in [-0.15, -0.1) is 0 Å². The van der Waals surface area contributed by atoms with Crippen LogP contribution in [0, 0.1) is 6.92 Å². The maximum atomic E-state index is 14.0. The van der Waals surface area contributed by atoms with Gasteiger partial charge in [0.25, 0.3) is 10.0 Å². The fourth-order valence-corrected chi connectivity index (χ4v) is 5.72. The van der Waals surface area contributed by atoms with Crippen LogP contribution in [-0.2, 0) is 26.2 Å². The lowest BCUT2D eigenvalue weighted by atomic mass is 10.1. The van der Waals surface area contributed by atoms with Gasteiger partial charge in [0, 0.05) is 12.6 Å². The molecule has 0 bridgehead atoms. The van der Waals surface area contributed by atoms with Crippen LogP contribution in [0.2, 0.25) is 10.0 Å². The number of anilines is 1. The van der Waals surface area contributed by atoms with Crippen molar-refractivity contribution in [3.63, 3.8) is 0 Å². The van der Waals surface area contributed by atoms with Crippen molar-refractivity contribution < 1.29 is 22.7 Å². The molecule has 8 nitrogen and oxygen atoms in total. The minimum Gasteiger partial charge on any atom is -0.497 e. The fourth-order valence-electron chi connectivity index (χ4n) is 4.02. The molecule has 0 heterocycles. The lowest BCUT2D eigenvalue weighted by Crippen LogP contribution is -2.52. The summed E-state index contributed by atoms with van der Waals surface area (Å²) >= 11 is 12.4. The van der Waals surface area contributed by atoms with Crippen LogP contribution in [0.1, 0.15) is 38.3 Å². The van der Waals surface area contributed by atoms with Crippen LogP contribution in [0.3, 0.4) is 0 Å². The molecule has 0 saturated carbocycles. The Kier molecular flexibility index (Phi) is 11.1.